The Morgan fingerprint density at radius 1 is 1.44 bits per heavy atom. The minimum absolute atomic E-state index is 0.525. The topological polar surface area (TPSA) is 60.2 Å². The molecule has 16 heavy (non-hydrogen) atoms. The second kappa shape index (κ2) is 5.96. The van der Waals surface area contributed by atoms with Gasteiger partial charge in [0, 0.05) is 19.6 Å². The molecule has 5 nitrogen and oxygen atoms in total. The van der Waals surface area contributed by atoms with E-state index in [0.717, 1.165) is 12.4 Å². The van der Waals surface area contributed by atoms with Crippen molar-refractivity contribution in [2.24, 2.45) is 0 Å². The maximum absolute atomic E-state index is 5.19. The van der Waals surface area contributed by atoms with Crippen LogP contribution in [0.4, 0.5) is 0 Å². The van der Waals surface area contributed by atoms with Crippen LogP contribution in [0.15, 0.2) is 4.52 Å². The maximum atomic E-state index is 5.19. The molecule has 1 N–H and O–H groups in total. The summed E-state index contributed by atoms with van der Waals surface area (Å²) in [5.74, 6) is 2.09. The van der Waals surface area contributed by atoms with Crippen LogP contribution >= 0.6 is 0 Å². The van der Waals surface area contributed by atoms with Crippen molar-refractivity contribution in [1.29, 1.82) is 0 Å². The van der Waals surface area contributed by atoms with E-state index in [9.17, 15) is 0 Å². The van der Waals surface area contributed by atoms with Gasteiger partial charge in [0.15, 0.2) is 5.82 Å². The molecule has 2 rings (SSSR count). The van der Waals surface area contributed by atoms with Crippen LogP contribution in [0.3, 0.4) is 0 Å². The van der Waals surface area contributed by atoms with Crippen molar-refractivity contribution in [3.05, 3.63) is 11.7 Å². The van der Waals surface area contributed by atoms with E-state index in [-0.39, 0.29) is 0 Å². The molecule has 0 aromatic carbocycles. The molecule has 0 spiro atoms. The molecule has 1 heterocycles. The van der Waals surface area contributed by atoms with E-state index >= 15 is 0 Å². The molecule has 0 bridgehead atoms. The highest BCUT2D eigenvalue weighted by atomic mass is 16.5. The van der Waals surface area contributed by atoms with Crippen molar-refractivity contribution in [2.45, 2.75) is 38.1 Å². The van der Waals surface area contributed by atoms with Crippen LogP contribution < -0.4 is 5.32 Å². The highest BCUT2D eigenvalue weighted by Crippen LogP contribution is 2.32. The summed E-state index contributed by atoms with van der Waals surface area (Å²) in [5, 5.41) is 7.22. The van der Waals surface area contributed by atoms with E-state index in [1.54, 1.807) is 7.11 Å². The fourth-order valence-corrected chi connectivity index (χ4v) is 2.06. The van der Waals surface area contributed by atoms with E-state index in [1.165, 1.54) is 25.7 Å². The summed E-state index contributed by atoms with van der Waals surface area (Å²) in [7, 11) is 1.69. The van der Waals surface area contributed by atoms with Crippen molar-refractivity contribution in [3.63, 3.8) is 0 Å². The van der Waals surface area contributed by atoms with Gasteiger partial charge in [-0.3, -0.25) is 0 Å². The van der Waals surface area contributed by atoms with E-state index in [1.807, 2.05) is 0 Å². The summed E-state index contributed by atoms with van der Waals surface area (Å²) < 4.78 is 10.1. The van der Waals surface area contributed by atoms with Gasteiger partial charge in [0.1, 0.15) is 0 Å². The summed E-state index contributed by atoms with van der Waals surface area (Å²) in [6.07, 6.45) is 4.99. The van der Waals surface area contributed by atoms with Gasteiger partial charge >= 0.3 is 0 Å². The first-order valence-electron chi connectivity index (χ1n) is 5.92. The van der Waals surface area contributed by atoms with Crippen LogP contribution in [0, 0.1) is 0 Å². The lowest BCUT2D eigenvalue weighted by Crippen LogP contribution is -2.18. The van der Waals surface area contributed by atoms with Gasteiger partial charge in [0.05, 0.1) is 13.2 Å². The Labute approximate surface area is 95.6 Å². The lowest BCUT2D eigenvalue weighted by Gasteiger charge is -2.00. The minimum Gasteiger partial charge on any atom is -0.383 e. The van der Waals surface area contributed by atoms with Crippen LogP contribution in [-0.4, -0.2) is 30.4 Å². The quantitative estimate of drug-likeness (QED) is 0.743. The number of nitrogens with one attached hydrogen (secondary N) is 1. The second-order valence-corrected chi connectivity index (χ2v) is 4.20. The minimum atomic E-state index is 0.525. The number of aromatic nitrogens is 2. The predicted octanol–water partition coefficient (Wildman–Crippen LogP) is 1.46. The first kappa shape index (κ1) is 11.5. The first-order chi connectivity index (χ1) is 7.90. The second-order valence-electron chi connectivity index (χ2n) is 4.20. The van der Waals surface area contributed by atoms with Crippen molar-refractivity contribution in [3.8, 4) is 0 Å². The highest BCUT2D eigenvalue weighted by Gasteiger charge is 2.21. The van der Waals surface area contributed by atoms with Crippen LogP contribution in [0.5, 0.6) is 0 Å². The summed E-state index contributed by atoms with van der Waals surface area (Å²) in [5.41, 5.74) is 0. The number of rotatable bonds is 6. The maximum Gasteiger partial charge on any atom is 0.240 e. The van der Waals surface area contributed by atoms with Gasteiger partial charge in [-0.05, 0) is 12.8 Å². The highest BCUT2D eigenvalue weighted by molar-refractivity contribution is 4.97. The summed E-state index contributed by atoms with van der Waals surface area (Å²) in [6.45, 7) is 2.13. The molecule has 0 unspecified atom stereocenters. The zero-order valence-corrected chi connectivity index (χ0v) is 9.74. The number of ether oxygens (including phenoxy) is 1. The van der Waals surface area contributed by atoms with Gasteiger partial charge < -0.3 is 14.6 Å². The first-order valence-corrected chi connectivity index (χ1v) is 5.92. The third-order valence-electron chi connectivity index (χ3n) is 2.96. The number of methoxy groups -OCH3 is 1. The molecule has 0 atom stereocenters. The van der Waals surface area contributed by atoms with Crippen LogP contribution in [0.25, 0.3) is 0 Å². The van der Waals surface area contributed by atoms with E-state index in [0.29, 0.717) is 25.0 Å². The number of hydrogen-bond acceptors (Lipinski definition) is 5. The Bertz CT molecular complexity index is 308. The Balaban J connectivity index is 1.77. The standard InChI is InChI=1S/C11H19N3O2/c1-15-7-6-12-8-10-13-11(14-16-10)9-4-2-3-5-9/h9,12H,2-8H2,1H3. The third kappa shape index (κ3) is 3.02. The molecule has 1 saturated carbocycles. The molecular formula is C11H19N3O2. The van der Waals surface area contributed by atoms with Crippen molar-refractivity contribution >= 4 is 0 Å². The monoisotopic (exact) mass is 225 g/mol. The fraction of sp³-hybridized carbons (Fsp3) is 0.818. The Hall–Kier alpha value is -0.940. The van der Waals surface area contributed by atoms with Crippen LogP contribution in [0.1, 0.15) is 43.3 Å². The molecule has 0 saturated heterocycles. The molecule has 1 aromatic rings. The summed E-state index contributed by atoms with van der Waals surface area (Å²) in [6, 6.07) is 0. The number of hydrogen-bond donors (Lipinski definition) is 1. The van der Waals surface area contributed by atoms with Crippen molar-refractivity contribution in [2.75, 3.05) is 20.3 Å². The Morgan fingerprint density at radius 3 is 3.00 bits per heavy atom. The average Bonchev–Trinajstić information content (AvgIpc) is 2.94. The van der Waals surface area contributed by atoms with E-state index < -0.39 is 0 Å². The molecular weight excluding hydrogens is 206 g/mol. The van der Waals surface area contributed by atoms with E-state index in [2.05, 4.69) is 15.5 Å². The molecule has 0 amide bonds. The van der Waals surface area contributed by atoms with Crippen molar-refractivity contribution in [1.82, 2.24) is 15.5 Å². The molecule has 0 aliphatic heterocycles. The Kier molecular flexibility index (Phi) is 4.30. The zero-order valence-electron chi connectivity index (χ0n) is 9.74. The van der Waals surface area contributed by atoms with Gasteiger partial charge in [0.2, 0.25) is 5.89 Å². The normalized spacial score (nSPS) is 17.1. The average molecular weight is 225 g/mol. The fourth-order valence-electron chi connectivity index (χ4n) is 2.06. The predicted molar refractivity (Wildman–Crippen MR) is 59.1 cm³/mol. The largest absolute Gasteiger partial charge is 0.383 e. The van der Waals surface area contributed by atoms with Gasteiger partial charge in [-0.2, -0.15) is 4.98 Å². The van der Waals surface area contributed by atoms with Gasteiger partial charge in [-0.1, -0.05) is 18.0 Å². The number of nitrogens with zero attached hydrogens (tertiary/aromatic N) is 2. The molecule has 1 fully saturated rings. The van der Waals surface area contributed by atoms with E-state index in [4.69, 9.17) is 9.26 Å². The molecule has 1 aliphatic carbocycles. The van der Waals surface area contributed by atoms with Crippen molar-refractivity contribution < 1.29 is 9.26 Å². The molecule has 90 valence electrons. The van der Waals surface area contributed by atoms with Gasteiger partial charge in [-0.25, -0.2) is 0 Å². The summed E-state index contributed by atoms with van der Waals surface area (Å²) in [4.78, 5) is 4.41. The smallest absolute Gasteiger partial charge is 0.240 e. The van der Waals surface area contributed by atoms with Gasteiger partial charge in [0.25, 0.3) is 0 Å². The SMILES string of the molecule is COCCNCc1nc(C2CCCC2)no1. The van der Waals surface area contributed by atoms with Gasteiger partial charge in [-0.15, -0.1) is 0 Å². The lowest BCUT2D eigenvalue weighted by molar-refractivity contribution is 0.197. The molecule has 1 aromatic heterocycles. The molecule has 0 radical (unpaired) electrons. The molecule has 5 heteroatoms. The Morgan fingerprint density at radius 2 is 2.25 bits per heavy atom. The summed E-state index contributed by atoms with van der Waals surface area (Å²) >= 11 is 0. The van der Waals surface area contributed by atoms with Crippen LogP contribution in [-0.2, 0) is 11.3 Å². The third-order valence-corrected chi connectivity index (χ3v) is 2.96. The lowest BCUT2D eigenvalue weighted by atomic mass is 10.1. The molecule has 1 aliphatic rings. The zero-order chi connectivity index (χ0) is 11.2. The van der Waals surface area contributed by atoms with Crippen LogP contribution in [0.2, 0.25) is 0 Å².